The molecule has 9 heteroatoms. The average molecular weight is 541 g/mol. The Hall–Kier alpha value is -4.18. The molecule has 39 heavy (non-hydrogen) atoms. The molecule has 8 nitrogen and oxygen atoms in total. The number of aromatic nitrogens is 1. The van der Waals surface area contributed by atoms with Crippen LogP contribution in [-0.2, 0) is 4.74 Å². The summed E-state index contributed by atoms with van der Waals surface area (Å²) in [6.07, 6.45) is 7.31. The van der Waals surface area contributed by atoms with Gasteiger partial charge in [0.2, 0.25) is 0 Å². The van der Waals surface area contributed by atoms with Crippen molar-refractivity contribution >= 4 is 33.5 Å². The van der Waals surface area contributed by atoms with E-state index in [0.717, 1.165) is 27.6 Å². The number of rotatable bonds is 5. The van der Waals surface area contributed by atoms with Gasteiger partial charge in [0.05, 0.1) is 30.6 Å². The lowest BCUT2D eigenvalue weighted by molar-refractivity contribution is 0.122. The fourth-order valence-electron chi connectivity index (χ4n) is 5.12. The molecule has 1 aromatic carbocycles. The molecule has 2 aliphatic rings. The number of allylic oxidation sites excluding steroid dienone is 5. The highest BCUT2D eigenvalue weighted by Crippen LogP contribution is 2.42. The second-order valence-corrected chi connectivity index (χ2v) is 11.3. The Bertz CT molecular complexity index is 1640. The molecule has 0 unspecified atom stereocenters. The number of nitrogens with zero attached hydrogens (tertiary/aromatic N) is 4. The number of hydrogen-bond donors (Lipinski definition) is 0. The van der Waals surface area contributed by atoms with E-state index in [-0.39, 0.29) is 16.6 Å². The molecular weight excluding hydrogens is 512 g/mol. The van der Waals surface area contributed by atoms with Gasteiger partial charge in [0.1, 0.15) is 40.3 Å². The van der Waals surface area contributed by atoms with Gasteiger partial charge in [0, 0.05) is 13.1 Å². The maximum absolute atomic E-state index is 13.3. The molecular formula is C30H28N4O4S. The summed E-state index contributed by atoms with van der Waals surface area (Å²) in [5.41, 5.74) is 2.47. The molecule has 0 spiro atoms. The van der Waals surface area contributed by atoms with E-state index in [1.54, 1.807) is 13.2 Å². The van der Waals surface area contributed by atoms with Crippen LogP contribution in [0.4, 0.5) is 5.13 Å². The van der Waals surface area contributed by atoms with Gasteiger partial charge in [-0.05, 0) is 47.6 Å². The molecule has 0 bridgehead atoms. The maximum atomic E-state index is 13.3. The van der Waals surface area contributed by atoms with E-state index in [1.165, 1.54) is 11.3 Å². The fraction of sp³-hybridized carbons (Fsp3) is 0.333. The van der Waals surface area contributed by atoms with Crippen molar-refractivity contribution in [3.63, 3.8) is 0 Å². The zero-order valence-corrected chi connectivity index (χ0v) is 22.9. The summed E-state index contributed by atoms with van der Waals surface area (Å²) in [5, 5.41) is 20.3. The maximum Gasteiger partial charge on any atom is 0.349 e. The molecule has 1 aliphatic carbocycles. The van der Waals surface area contributed by atoms with Crippen molar-refractivity contribution in [3.05, 3.63) is 68.4 Å². The number of ether oxygens (including phenoxy) is 2. The minimum Gasteiger partial charge on any atom is -0.495 e. The lowest BCUT2D eigenvalue weighted by Crippen LogP contribution is -2.36. The number of thiazole rings is 1. The Kier molecular flexibility index (Phi) is 7.38. The van der Waals surface area contributed by atoms with Crippen molar-refractivity contribution in [2.24, 2.45) is 5.41 Å². The Balaban J connectivity index is 1.66. The van der Waals surface area contributed by atoms with Crippen molar-refractivity contribution in [1.29, 1.82) is 10.5 Å². The highest BCUT2D eigenvalue weighted by atomic mass is 32.1. The van der Waals surface area contributed by atoms with Crippen molar-refractivity contribution in [3.8, 4) is 29.1 Å². The fourth-order valence-corrected chi connectivity index (χ4v) is 6.14. The molecule has 5 rings (SSSR count). The second-order valence-electron chi connectivity index (χ2n) is 10.3. The summed E-state index contributed by atoms with van der Waals surface area (Å²) in [6.45, 7) is 6.88. The minimum absolute atomic E-state index is 0.110. The molecule has 3 heterocycles. The number of hydrogen-bond acceptors (Lipinski definition) is 9. The smallest absolute Gasteiger partial charge is 0.349 e. The van der Waals surface area contributed by atoms with E-state index >= 15 is 0 Å². The van der Waals surface area contributed by atoms with Crippen molar-refractivity contribution in [2.75, 3.05) is 38.3 Å². The first-order valence-corrected chi connectivity index (χ1v) is 13.5. The summed E-state index contributed by atoms with van der Waals surface area (Å²) >= 11 is 1.49. The third-order valence-electron chi connectivity index (χ3n) is 6.83. The Morgan fingerprint density at radius 1 is 1.15 bits per heavy atom. The Morgan fingerprint density at radius 2 is 1.90 bits per heavy atom. The van der Waals surface area contributed by atoms with E-state index in [1.807, 2.05) is 48.6 Å². The minimum atomic E-state index is -0.519. The van der Waals surface area contributed by atoms with Crippen molar-refractivity contribution in [2.45, 2.75) is 26.7 Å². The van der Waals surface area contributed by atoms with E-state index in [0.29, 0.717) is 55.1 Å². The number of para-hydroxylation sites is 1. The first-order chi connectivity index (χ1) is 18.8. The summed E-state index contributed by atoms with van der Waals surface area (Å²) in [5.74, 6) is 0.422. The lowest BCUT2D eigenvalue weighted by Gasteiger charge is -2.30. The zero-order chi connectivity index (χ0) is 27.6. The monoisotopic (exact) mass is 540 g/mol. The van der Waals surface area contributed by atoms with Gasteiger partial charge in [0.25, 0.3) is 0 Å². The van der Waals surface area contributed by atoms with Crippen LogP contribution in [-0.4, -0.2) is 38.4 Å². The summed E-state index contributed by atoms with van der Waals surface area (Å²) in [7, 11) is 1.54. The van der Waals surface area contributed by atoms with E-state index < -0.39 is 5.63 Å². The van der Waals surface area contributed by atoms with Gasteiger partial charge in [-0.15, -0.1) is 0 Å². The predicted molar refractivity (Wildman–Crippen MR) is 152 cm³/mol. The van der Waals surface area contributed by atoms with Crippen LogP contribution in [0.5, 0.6) is 5.75 Å². The lowest BCUT2D eigenvalue weighted by atomic mass is 9.74. The average Bonchev–Trinajstić information content (AvgIpc) is 3.35. The Labute approximate surface area is 230 Å². The number of anilines is 1. The van der Waals surface area contributed by atoms with Crippen LogP contribution in [0.2, 0.25) is 0 Å². The molecule has 0 N–H and O–H groups in total. The summed E-state index contributed by atoms with van der Waals surface area (Å²) in [6, 6.07) is 11.3. The number of morpholine rings is 1. The van der Waals surface area contributed by atoms with Gasteiger partial charge in [-0.25, -0.2) is 9.78 Å². The molecule has 0 saturated carbocycles. The number of benzene rings is 1. The van der Waals surface area contributed by atoms with Crippen molar-refractivity contribution < 1.29 is 13.9 Å². The van der Waals surface area contributed by atoms with Gasteiger partial charge in [-0.2, -0.15) is 10.5 Å². The quantitative estimate of drug-likeness (QED) is 0.292. The predicted octanol–water partition coefficient (Wildman–Crippen LogP) is 5.87. The number of methoxy groups -OCH3 is 1. The highest BCUT2D eigenvalue weighted by molar-refractivity contribution is 7.17. The molecule has 3 aromatic rings. The molecule has 198 valence electrons. The molecule has 0 radical (unpaired) electrons. The van der Waals surface area contributed by atoms with Gasteiger partial charge in [-0.1, -0.05) is 49.5 Å². The van der Waals surface area contributed by atoms with Crippen LogP contribution < -0.4 is 15.3 Å². The van der Waals surface area contributed by atoms with Gasteiger partial charge >= 0.3 is 5.63 Å². The molecule has 0 atom stereocenters. The first-order valence-electron chi connectivity index (χ1n) is 12.7. The molecule has 0 amide bonds. The SMILES string of the molecule is COc1c(-c2nc(N3CCOCC3)sc2/C=C/C2=CC(=C(C#N)C#N)CC(C)(C)C2)c(=O)oc2ccccc12. The van der Waals surface area contributed by atoms with Gasteiger partial charge < -0.3 is 18.8 Å². The molecule has 1 saturated heterocycles. The normalized spacial score (nSPS) is 17.1. The molecule has 1 aliphatic heterocycles. The van der Waals surface area contributed by atoms with E-state index in [2.05, 4.69) is 18.7 Å². The van der Waals surface area contributed by atoms with E-state index in [9.17, 15) is 15.3 Å². The standard InChI is InChI=1S/C30H28N4O4S/c1-30(2)15-19(14-20(16-30)21(17-31)18-32)8-9-24-26(33-29(39-24)34-10-12-37-13-11-34)25-27(36-3)22-6-4-5-7-23(22)38-28(25)35/h4-9,14H,10-13,15-16H2,1-3H3/b9-8+. The largest absolute Gasteiger partial charge is 0.495 e. The van der Waals surface area contributed by atoms with Gasteiger partial charge in [0.15, 0.2) is 5.13 Å². The van der Waals surface area contributed by atoms with Crippen LogP contribution in [0.1, 0.15) is 31.6 Å². The molecule has 1 fully saturated rings. The summed E-state index contributed by atoms with van der Waals surface area (Å²) < 4.78 is 17.0. The topological polar surface area (TPSA) is 112 Å². The zero-order valence-electron chi connectivity index (χ0n) is 22.1. The Morgan fingerprint density at radius 3 is 2.62 bits per heavy atom. The third-order valence-corrected chi connectivity index (χ3v) is 7.92. The van der Waals surface area contributed by atoms with Crippen LogP contribution in [0.15, 0.2) is 62.3 Å². The second kappa shape index (κ2) is 10.9. The third kappa shape index (κ3) is 5.37. The summed E-state index contributed by atoms with van der Waals surface area (Å²) in [4.78, 5) is 21.2. The van der Waals surface area contributed by atoms with Crippen LogP contribution in [0.3, 0.4) is 0 Å². The van der Waals surface area contributed by atoms with Crippen molar-refractivity contribution in [1.82, 2.24) is 4.98 Å². The van der Waals surface area contributed by atoms with Gasteiger partial charge in [-0.3, -0.25) is 0 Å². The number of nitriles is 2. The van der Waals surface area contributed by atoms with Crippen LogP contribution >= 0.6 is 11.3 Å². The van der Waals surface area contributed by atoms with Crippen LogP contribution in [0.25, 0.3) is 28.3 Å². The first kappa shape index (κ1) is 26.4. The molecule has 2 aromatic heterocycles. The number of fused-ring (bicyclic) bond motifs is 1. The highest BCUT2D eigenvalue weighted by Gasteiger charge is 2.28. The van der Waals surface area contributed by atoms with E-state index in [4.69, 9.17) is 18.9 Å². The van der Waals surface area contributed by atoms with Crippen LogP contribution in [0, 0.1) is 28.1 Å².